The van der Waals surface area contributed by atoms with Crippen LogP contribution in [0.5, 0.6) is 0 Å². The summed E-state index contributed by atoms with van der Waals surface area (Å²) in [6.07, 6.45) is 2.34. The van der Waals surface area contributed by atoms with Gasteiger partial charge in [-0.05, 0) is 38.3 Å². The van der Waals surface area contributed by atoms with Gasteiger partial charge in [0.05, 0.1) is 6.42 Å². The monoisotopic (exact) mass is 347 g/mol. The standard InChI is InChI=1S/C18H25N3O4/c1-14(17(23)21-12-6-3-7-13-21)25-16(22)10-11-19-18(24)20-15-8-4-2-5-9-15/h2,4-5,8-9,14H,3,6-7,10-13H2,1H3,(H2,19,20,24)/t14-/m0/s1. The van der Waals surface area contributed by atoms with Crippen molar-refractivity contribution in [3.8, 4) is 0 Å². The molecule has 0 aliphatic carbocycles. The van der Waals surface area contributed by atoms with Crippen LogP contribution in [0.1, 0.15) is 32.6 Å². The lowest BCUT2D eigenvalue weighted by molar-refractivity contribution is -0.159. The molecule has 7 heteroatoms. The van der Waals surface area contributed by atoms with Crippen LogP contribution in [0.25, 0.3) is 0 Å². The van der Waals surface area contributed by atoms with Gasteiger partial charge in [0.25, 0.3) is 5.91 Å². The van der Waals surface area contributed by atoms with E-state index in [0.29, 0.717) is 5.69 Å². The molecule has 0 aromatic heterocycles. The zero-order chi connectivity index (χ0) is 18.1. The van der Waals surface area contributed by atoms with E-state index in [1.807, 2.05) is 18.2 Å². The molecule has 1 aromatic rings. The van der Waals surface area contributed by atoms with E-state index in [0.717, 1.165) is 32.4 Å². The van der Waals surface area contributed by atoms with Gasteiger partial charge in [-0.15, -0.1) is 0 Å². The van der Waals surface area contributed by atoms with Crippen molar-refractivity contribution < 1.29 is 19.1 Å². The molecule has 3 amide bonds. The number of benzene rings is 1. The Morgan fingerprint density at radius 1 is 1.12 bits per heavy atom. The minimum absolute atomic E-state index is 0.0137. The van der Waals surface area contributed by atoms with Crippen molar-refractivity contribution >= 4 is 23.6 Å². The molecule has 0 unspecified atom stereocenters. The van der Waals surface area contributed by atoms with Crippen molar-refractivity contribution in [2.45, 2.75) is 38.7 Å². The number of carbonyl (C=O) groups excluding carboxylic acids is 3. The zero-order valence-corrected chi connectivity index (χ0v) is 14.5. The summed E-state index contributed by atoms with van der Waals surface area (Å²) in [5.74, 6) is -0.652. The van der Waals surface area contributed by atoms with Crippen LogP contribution in [0.4, 0.5) is 10.5 Å². The summed E-state index contributed by atoms with van der Waals surface area (Å²) in [4.78, 5) is 37.4. The first kappa shape index (κ1) is 18.8. The predicted molar refractivity (Wildman–Crippen MR) is 94.1 cm³/mol. The average Bonchev–Trinajstić information content (AvgIpc) is 2.62. The number of hydrogen-bond acceptors (Lipinski definition) is 4. The third-order valence-electron chi connectivity index (χ3n) is 3.97. The minimum atomic E-state index is -0.788. The molecule has 2 rings (SSSR count). The van der Waals surface area contributed by atoms with E-state index in [4.69, 9.17) is 4.74 Å². The van der Waals surface area contributed by atoms with E-state index in [1.54, 1.807) is 24.0 Å². The molecule has 1 aliphatic rings. The molecule has 7 nitrogen and oxygen atoms in total. The van der Waals surface area contributed by atoms with Crippen LogP contribution in [0.2, 0.25) is 0 Å². The first-order valence-electron chi connectivity index (χ1n) is 8.64. The van der Waals surface area contributed by atoms with Crippen LogP contribution in [-0.4, -0.2) is 48.5 Å². The summed E-state index contributed by atoms with van der Waals surface area (Å²) in [6, 6.07) is 8.62. The van der Waals surface area contributed by atoms with Crippen molar-refractivity contribution in [1.29, 1.82) is 0 Å². The van der Waals surface area contributed by atoms with E-state index in [1.165, 1.54) is 0 Å². The van der Waals surface area contributed by atoms with Gasteiger partial charge in [-0.3, -0.25) is 9.59 Å². The van der Waals surface area contributed by atoms with E-state index >= 15 is 0 Å². The lowest BCUT2D eigenvalue weighted by Crippen LogP contribution is -2.43. The Balaban J connectivity index is 1.64. The van der Waals surface area contributed by atoms with Gasteiger partial charge in [-0.2, -0.15) is 0 Å². The highest BCUT2D eigenvalue weighted by molar-refractivity contribution is 5.89. The van der Waals surface area contributed by atoms with Gasteiger partial charge in [0, 0.05) is 25.3 Å². The molecule has 2 N–H and O–H groups in total. The van der Waals surface area contributed by atoms with Gasteiger partial charge >= 0.3 is 12.0 Å². The van der Waals surface area contributed by atoms with Crippen LogP contribution in [-0.2, 0) is 14.3 Å². The second kappa shape index (κ2) is 9.66. The summed E-state index contributed by atoms with van der Waals surface area (Å²) >= 11 is 0. The maximum atomic E-state index is 12.2. The molecule has 1 heterocycles. The summed E-state index contributed by atoms with van der Waals surface area (Å²) in [6.45, 7) is 3.18. The Morgan fingerprint density at radius 2 is 1.80 bits per heavy atom. The Labute approximate surface area is 147 Å². The third kappa shape index (κ3) is 6.45. The number of urea groups is 1. The molecule has 136 valence electrons. The number of hydrogen-bond donors (Lipinski definition) is 2. The average molecular weight is 347 g/mol. The molecular weight excluding hydrogens is 322 g/mol. The topological polar surface area (TPSA) is 87.7 Å². The predicted octanol–water partition coefficient (Wildman–Crippen LogP) is 2.14. The fraction of sp³-hybridized carbons (Fsp3) is 0.500. The van der Waals surface area contributed by atoms with Crippen molar-refractivity contribution in [2.24, 2.45) is 0 Å². The molecule has 1 atom stereocenters. The lowest BCUT2D eigenvalue weighted by Gasteiger charge is -2.28. The lowest BCUT2D eigenvalue weighted by atomic mass is 10.1. The smallest absolute Gasteiger partial charge is 0.319 e. The van der Waals surface area contributed by atoms with Crippen LogP contribution in [0, 0.1) is 0 Å². The Kier molecular flexibility index (Phi) is 7.25. The number of rotatable bonds is 6. The largest absolute Gasteiger partial charge is 0.452 e. The second-order valence-corrected chi connectivity index (χ2v) is 6.01. The van der Waals surface area contributed by atoms with Crippen molar-refractivity contribution in [3.63, 3.8) is 0 Å². The number of anilines is 1. The third-order valence-corrected chi connectivity index (χ3v) is 3.97. The number of esters is 1. The molecule has 1 saturated heterocycles. The van der Waals surface area contributed by atoms with Gasteiger partial charge in [0.1, 0.15) is 0 Å². The minimum Gasteiger partial charge on any atom is -0.452 e. The van der Waals surface area contributed by atoms with E-state index < -0.39 is 18.1 Å². The SMILES string of the molecule is C[C@H](OC(=O)CCNC(=O)Nc1ccccc1)C(=O)N1CCCCC1. The molecule has 0 saturated carbocycles. The molecule has 0 bridgehead atoms. The van der Waals surface area contributed by atoms with Crippen LogP contribution in [0.3, 0.4) is 0 Å². The fourth-order valence-electron chi connectivity index (χ4n) is 2.65. The molecule has 0 radical (unpaired) electrons. The molecular formula is C18H25N3O4. The van der Waals surface area contributed by atoms with Gasteiger partial charge in [0.15, 0.2) is 6.10 Å². The van der Waals surface area contributed by atoms with Crippen LogP contribution < -0.4 is 10.6 Å². The Bertz CT molecular complexity index is 585. The van der Waals surface area contributed by atoms with Crippen molar-refractivity contribution in [1.82, 2.24) is 10.2 Å². The highest BCUT2D eigenvalue weighted by Gasteiger charge is 2.24. The maximum Gasteiger partial charge on any atom is 0.319 e. The quantitative estimate of drug-likeness (QED) is 0.772. The summed E-state index contributed by atoms with van der Waals surface area (Å²) in [5, 5.41) is 5.24. The van der Waals surface area contributed by atoms with Crippen LogP contribution >= 0.6 is 0 Å². The highest BCUT2D eigenvalue weighted by Crippen LogP contribution is 2.11. The second-order valence-electron chi connectivity index (χ2n) is 6.01. The number of amides is 3. The van der Waals surface area contributed by atoms with Crippen molar-refractivity contribution in [3.05, 3.63) is 30.3 Å². The fourth-order valence-corrected chi connectivity index (χ4v) is 2.65. The zero-order valence-electron chi connectivity index (χ0n) is 14.5. The number of carbonyl (C=O) groups is 3. The first-order chi connectivity index (χ1) is 12.1. The number of piperidine rings is 1. The normalized spacial score (nSPS) is 15.2. The molecule has 25 heavy (non-hydrogen) atoms. The van der Waals surface area contributed by atoms with Gasteiger partial charge < -0.3 is 20.3 Å². The maximum absolute atomic E-state index is 12.2. The van der Waals surface area contributed by atoms with Gasteiger partial charge in [-0.25, -0.2) is 4.79 Å². The van der Waals surface area contributed by atoms with Crippen molar-refractivity contribution in [2.75, 3.05) is 25.0 Å². The summed E-state index contributed by atoms with van der Waals surface area (Å²) in [5.41, 5.74) is 0.670. The van der Waals surface area contributed by atoms with Gasteiger partial charge in [0.2, 0.25) is 0 Å². The number of nitrogens with one attached hydrogen (secondary N) is 2. The number of nitrogens with zero attached hydrogens (tertiary/aromatic N) is 1. The molecule has 1 aromatic carbocycles. The molecule has 0 spiro atoms. The Hall–Kier alpha value is -2.57. The van der Waals surface area contributed by atoms with E-state index in [2.05, 4.69) is 10.6 Å². The van der Waals surface area contributed by atoms with Gasteiger partial charge in [-0.1, -0.05) is 18.2 Å². The Morgan fingerprint density at radius 3 is 2.48 bits per heavy atom. The molecule has 1 fully saturated rings. The number of para-hydroxylation sites is 1. The highest BCUT2D eigenvalue weighted by atomic mass is 16.5. The summed E-state index contributed by atoms with van der Waals surface area (Å²) in [7, 11) is 0. The number of likely N-dealkylation sites (tertiary alicyclic amines) is 1. The van der Waals surface area contributed by atoms with E-state index in [-0.39, 0.29) is 18.9 Å². The van der Waals surface area contributed by atoms with E-state index in [9.17, 15) is 14.4 Å². The van der Waals surface area contributed by atoms with Crippen LogP contribution in [0.15, 0.2) is 30.3 Å². The molecule has 1 aliphatic heterocycles. The summed E-state index contributed by atoms with van der Waals surface area (Å²) < 4.78 is 5.16. The first-order valence-corrected chi connectivity index (χ1v) is 8.64. The number of ether oxygens (including phenoxy) is 1.